The number of halogens is 5. The van der Waals surface area contributed by atoms with Crippen molar-refractivity contribution in [3.8, 4) is 17.0 Å². The van der Waals surface area contributed by atoms with Gasteiger partial charge in [-0.3, -0.25) is 0 Å². The van der Waals surface area contributed by atoms with E-state index >= 15 is 0 Å². The normalized spacial score (nSPS) is 12.5. The molecule has 0 fully saturated rings. The second-order valence-electron chi connectivity index (χ2n) is 7.46. The number of aliphatic hydroxyl groups excluding tert-OH is 1. The quantitative estimate of drug-likeness (QED) is 0.380. The number of hydrogen-bond donors (Lipinski definition) is 3. The lowest BCUT2D eigenvalue weighted by Crippen LogP contribution is -2.30. The van der Waals surface area contributed by atoms with Crippen LogP contribution in [0.3, 0.4) is 0 Å². The molecule has 3 N–H and O–H groups in total. The third kappa shape index (κ3) is 6.75. The highest BCUT2D eigenvalue weighted by Crippen LogP contribution is 2.30. The summed E-state index contributed by atoms with van der Waals surface area (Å²) in [5, 5.41) is 15.3. The van der Waals surface area contributed by atoms with Gasteiger partial charge in [0.2, 0.25) is 5.95 Å². The van der Waals surface area contributed by atoms with Crippen LogP contribution in [0.5, 0.6) is 5.75 Å². The molecular formula is C22H21F5N4O2. The summed E-state index contributed by atoms with van der Waals surface area (Å²) in [6.07, 6.45) is -4.87. The second kappa shape index (κ2) is 9.99. The van der Waals surface area contributed by atoms with Crippen molar-refractivity contribution in [2.75, 3.05) is 17.2 Å². The SMILES string of the molecule is CC(C)[C@H](CO)Nc1nc(Nc2ccc(F)cc2F)cc(-c2cccc(OC(F)(F)F)c2)n1. The molecule has 11 heteroatoms. The van der Waals surface area contributed by atoms with E-state index < -0.39 is 29.8 Å². The summed E-state index contributed by atoms with van der Waals surface area (Å²) in [7, 11) is 0. The van der Waals surface area contributed by atoms with Crippen LogP contribution in [-0.4, -0.2) is 34.1 Å². The van der Waals surface area contributed by atoms with Crippen molar-refractivity contribution in [2.45, 2.75) is 26.3 Å². The van der Waals surface area contributed by atoms with Crippen LogP contribution < -0.4 is 15.4 Å². The summed E-state index contributed by atoms with van der Waals surface area (Å²) in [6, 6.07) is 9.08. The van der Waals surface area contributed by atoms with Crippen LogP contribution >= 0.6 is 0 Å². The largest absolute Gasteiger partial charge is 0.573 e. The molecule has 0 saturated carbocycles. The average molecular weight is 468 g/mol. The van der Waals surface area contributed by atoms with Crippen LogP contribution in [0.15, 0.2) is 48.5 Å². The number of alkyl halides is 3. The number of aromatic nitrogens is 2. The summed E-state index contributed by atoms with van der Waals surface area (Å²) in [5.41, 5.74) is 0.407. The predicted octanol–water partition coefficient (Wildman–Crippen LogP) is 5.49. The molecule has 0 aliphatic heterocycles. The highest BCUT2D eigenvalue weighted by Gasteiger charge is 2.31. The third-order valence-corrected chi connectivity index (χ3v) is 4.60. The molecule has 0 unspecified atom stereocenters. The maximum absolute atomic E-state index is 14.1. The fourth-order valence-electron chi connectivity index (χ4n) is 2.89. The van der Waals surface area contributed by atoms with Gasteiger partial charge in [0, 0.05) is 17.7 Å². The van der Waals surface area contributed by atoms with E-state index in [4.69, 9.17) is 0 Å². The summed E-state index contributed by atoms with van der Waals surface area (Å²) in [5.74, 6) is -1.92. The van der Waals surface area contributed by atoms with Gasteiger partial charge in [0.25, 0.3) is 0 Å². The van der Waals surface area contributed by atoms with Crippen molar-refractivity contribution < 1.29 is 31.8 Å². The van der Waals surface area contributed by atoms with E-state index in [1.165, 1.54) is 24.3 Å². The van der Waals surface area contributed by atoms with Crippen molar-refractivity contribution in [1.29, 1.82) is 0 Å². The Labute approximate surface area is 186 Å². The van der Waals surface area contributed by atoms with Crippen LogP contribution in [0.4, 0.5) is 39.4 Å². The first kappa shape index (κ1) is 24.2. The molecule has 0 aliphatic rings. The molecule has 2 aromatic carbocycles. The zero-order valence-corrected chi connectivity index (χ0v) is 17.6. The Bertz CT molecular complexity index is 1110. The number of benzene rings is 2. The molecule has 0 amide bonds. The number of aliphatic hydroxyl groups is 1. The molecule has 3 rings (SSSR count). The number of ether oxygens (including phenoxy) is 1. The molecule has 176 valence electrons. The molecule has 0 spiro atoms. The molecular weight excluding hydrogens is 447 g/mol. The van der Waals surface area contributed by atoms with E-state index in [0.29, 0.717) is 6.07 Å². The molecule has 6 nitrogen and oxygen atoms in total. The number of nitrogens with one attached hydrogen (secondary N) is 2. The van der Waals surface area contributed by atoms with Crippen molar-refractivity contribution in [1.82, 2.24) is 9.97 Å². The van der Waals surface area contributed by atoms with E-state index in [1.807, 2.05) is 13.8 Å². The Kier molecular flexibility index (Phi) is 7.32. The number of nitrogens with zero attached hydrogens (tertiary/aromatic N) is 2. The number of anilines is 3. The first-order valence-corrected chi connectivity index (χ1v) is 9.89. The second-order valence-corrected chi connectivity index (χ2v) is 7.46. The average Bonchev–Trinajstić information content (AvgIpc) is 2.72. The first-order valence-electron chi connectivity index (χ1n) is 9.89. The summed E-state index contributed by atoms with van der Waals surface area (Å²) in [6.45, 7) is 3.50. The van der Waals surface area contributed by atoms with Crippen LogP contribution in [0.25, 0.3) is 11.3 Å². The van der Waals surface area contributed by atoms with E-state index in [9.17, 15) is 27.1 Å². The summed E-state index contributed by atoms with van der Waals surface area (Å²) < 4.78 is 69.2. The van der Waals surface area contributed by atoms with Crippen molar-refractivity contribution >= 4 is 17.5 Å². The van der Waals surface area contributed by atoms with Gasteiger partial charge in [-0.25, -0.2) is 13.8 Å². The maximum Gasteiger partial charge on any atom is 0.573 e. The highest BCUT2D eigenvalue weighted by atomic mass is 19.4. The van der Waals surface area contributed by atoms with Crippen molar-refractivity contribution in [3.63, 3.8) is 0 Å². The fourth-order valence-corrected chi connectivity index (χ4v) is 2.89. The van der Waals surface area contributed by atoms with E-state index in [2.05, 4.69) is 25.3 Å². The first-order chi connectivity index (χ1) is 15.5. The fraction of sp³-hybridized carbons (Fsp3) is 0.273. The van der Waals surface area contributed by atoms with Gasteiger partial charge in [0.15, 0.2) is 0 Å². The lowest BCUT2D eigenvalue weighted by molar-refractivity contribution is -0.274. The molecule has 0 aliphatic carbocycles. The van der Waals surface area contributed by atoms with Crippen LogP contribution in [0.2, 0.25) is 0 Å². The smallest absolute Gasteiger partial charge is 0.406 e. The summed E-state index contributed by atoms with van der Waals surface area (Å²) >= 11 is 0. The van der Waals surface area contributed by atoms with E-state index in [1.54, 1.807) is 0 Å². The van der Waals surface area contributed by atoms with E-state index in [0.717, 1.165) is 18.2 Å². The van der Waals surface area contributed by atoms with Gasteiger partial charge in [-0.2, -0.15) is 4.98 Å². The Hall–Kier alpha value is -3.47. The van der Waals surface area contributed by atoms with Crippen LogP contribution in [0.1, 0.15) is 13.8 Å². The maximum atomic E-state index is 14.1. The van der Waals surface area contributed by atoms with Gasteiger partial charge in [-0.15, -0.1) is 13.2 Å². The molecule has 0 radical (unpaired) electrons. The molecule has 33 heavy (non-hydrogen) atoms. The Morgan fingerprint density at radius 3 is 2.42 bits per heavy atom. The van der Waals surface area contributed by atoms with Gasteiger partial charge in [0.05, 0.1) is 24.0 Å². The minimum atomic E-state index is -4.87. The van der Waals surface area contributed by atoms with E-state index in [-0.39, 0.29) is 41.2 Å². The van der Waals surface area contributed by atoms with Gasteiger partial charge in [0.1, 0.15) is 23.2 Å². The molecule has 1 heterocycles. The summed E-state index contributed by atoms with van der Waals surface area (Å²) in [4.78, 5) is 8.58. The molecule has 1 aromatic heterocycles. The van der Waals surface area contributed by atoms with Gasteiger partial charge in [-0.1, -0.05) is 26.0 Å². The Morgan fingerprint density at radius 1 is 1.03 bits per heavy atom. The topological polar surface area (TPSA) is 79.3 Å². The van der Waals surface area contributed by atoms with Crippen LogP contribution in [0, 0.1) is 17.6 Å². The van der Waals surface area contributed by atoms with Crippen molar-refractivity contribution in [2.24, 2.45) is 5.92 Å². The van der Waals surface area contributed by atoms with Crippen LogP contribution in [-0.2, 0) is 0 Å². The van der Waals surface area contributed by atoms with Gasteiger partial charge >= 0.3 is 6.36 Å². The van der Waals surface area contributed by atoms with Gasteiger partial charge < -0.3 is 20.5 Å². The minimum absolute atomic E-state index is 0.00304. The number of hydrogen-bond acceptors (Lipinski definition) is 6. The standard InChI is InChI=1S/C22H21F5N4O2/c1-12(2)19(11-32)30-21-29-18(13-4-3-5-15(8-13)33-22(25,26)27)10-20(31-21)28-17-7-6-14(23)9-16(17)24/h3-10,12,19,32H,11H2,1-2H3,(H2,28,29,30,31)/t19-/m0/s1. The highest BCUT2D eigenvalue weighted by molar-refractivity contribution is 5.68. The lowest BCUT2D eigenvalue weighted by Gasteiger charge is -2.21. The Morgan fingerprint density at radius 2 is 1.79 bits per heavy atom. The monoisotopic (exact) mass is 468 g/mol. The lowest BCUT2D eigenvalue weighted by atomic mass is 10.1. The minimum Gasteiger partial charge on any atom is -0.406 e. The van der Waals surface area contributed by atoms with Crippen molar-refractivity contribution in [3.05, 3.63) is 60.2 Å². The molecule has 1 atom stereocenters. The molecule has 3 aromatic rings. The van der Waals surface area contributed by atoms with Gasteiger partial charge in [-0.05, 0) is 30.2 Å². The molecule has 0 bridgehead atoms. The number of rotatable bonds is 8. The zero-order chi connectivity index (χ0) is 24.2. The Balaban J connectivity index is 2.02. The predicted molar refractivity (Wildman–Crippen MR) is 113 cm³/mol. The third-order valence-electron chi connectivity index (χ3n) is 4.60. The zero-order valence-electron chi connectivity index (χ0n) is 17.6. The molecule has 0 saturated heterocycles.